The zero-order valence-corrected chi connectivity index (χ0v) is 12.5. The highest BCUT2D eigenvalue weighted by atomic mass is 79.9. The van der Waals surface area contributed by atoms with Crippen molar-refractivity contribution < 1.29 is 4.74 Å². The second-order valence-electron chi connectivity index (χ2n) is 4.05. The molecule has 1 aromatic rings. The Kier molecular flexibility index (Phi) is 6.95. The molecule has 0 bridgehead atoms. The normalized spacial score (nSPS) is 9.95. The first-order valence-corrected chi connectivity index (χ1v) is 6.79. The van der Waals surface area contributed by atoms with Gasteiger partial charge in [-0.25, -0.2) is 0 Å². The molecule has 0 saturated carbocycles. The minimum atomic E-state index is 0.471. The Balaban J connectivity index is 2.72. The molecule has 1 aromatic carbocycles. The van der Waals surface area contributed by atoms with Crippen molar-refractivity contribution in [2.45, 2.75) is 19.4 Å². The topological polar surface area (TPSA) is 60.0 Å². The average Bonchev–Trinajstić information content (AvgIpc) is 2.43. The van der Waals surface area contributed by atoms with Gasteiger partial charge in [-0.15, -0.1) is 0 Å². The van der Waals surface area contributed by atoms with E-state index in [4.69, 9.17) is 15.3 Å². The van der Waals surface area contributed by atoms with Crippen molar-refractivity contribution >= 4 is 15.9 Å². The average molecular weight is 322 g/mol. The molecule has 4 nitrogen and oxygen atoms in total. The van der Waals surface area contributed by atoms with Gasteiger partial charge in [0, 0.05) is 36.9 Å². The van der Waals surface area contributed by atoms with Crippen LogP contribution in [0, 0.1) is 22.7 Å². The van der Waals surface area contributed by atoms with E-state index >= 15 is 0 Å². The fraction of sp³-hybridized carbons (Fsp3) is 0.429. The van der Waals surface area contributed by atoms with Gasteiger partial charge < -0.3 is 4.74 Å². The highest BCUT2D eigenvalue weighted by molar-refractivity contribution is 9.10. The maximum atomic E-state index is 8.66. The zero-order valence-electron chi connectivity index (χ0n) is 10.9. The van der Waals surface area contributed by atoms with Gasteiger partial charge in [-0.2, -0.15) is 10.5 Å². The summed E-state index contributed by atoms with van der Waals surface area (Å²) >= 11 is 3.52. The lowest BCUT2D eigenvalue weighted by molar-refractivity contribution is 0.277. The van der Waals surface area contributed by atoms with Crippen LogP contribution in [0.5, 0.6) is 5.75 Å². The number of nitrogens with zero attached hydrogens (tertiary/aromatic N) is 3. The molecule has 0 atom stereocenters. The van der Waals surface area contributed by atoms with Crippen LogP contribution in [0.1, 0.15) is 18.4 Å². The van der Waals surface area contributed by atoms with Crippen LogP contribution in [0.4, 0.5) is 0 Å². The smallest absolute Gasteiger partial charge is 0.120 e. The first-order chi connectivity index (χ1) is 9.21. The Morgan fingerprint density at radius 2 is 1.84 bits per heavy atom. The summed E-state index contributed by atoms with van der Waals surface area (Å²) < 4.78 is 6.13. The standard InChI is InChI=1S/C14H16BrN3O/c1-19-13-5-4-12(14(15)10-13)11-18(8-2-6-16)9-3-7-17/h4-5,10H,2-3,8-9,11H2,1H3. The van der Waals surface area contributed by atoms with E-state index in [0.717, 1.165) is 15.8 Å². The van der Waals surface area contributed by atoms with Crippen LogP contribution in [-0.4, -0.2) is 25.1 Å². The van der Waals surface area contributed by atoms with Crippen molar-refractivity contribution in [1.82, 2.24) is 4.90 Å². The van der Waals surface area contributed by atoms with Crippen molar-refractivity contribution in [2.24, 2.45) is 0 Å². The molecule has 0 amide bonds. The molecule has 0 aliphatic carbocycles. The van der Waals surface area contributed by atoms with Gasteiger partial charge in [-0.3, -0.25) is 4.90 Å². The van der Waals surface area contributed by atoms with E-state index in [1.807, 2.05) is 18.2 Å². The SMILES string of the molecule is COc1ccc(CN(CCC#N)CCC#N)c(Br)c1. The van der Waals surface area contributed by atoms with Gasteiger partial charge in [-0.05, 0) is 17.7 Å². The summed E-state index contributed by atoms with van der Waals surface area (Å²) in [5, 5.41) is 17.3. The van der Waals surface area contributed by atoms with E-state index in [2.05, 4.69) is 33.0 Å². The van der Waals surface area contributed by atoms with Crippen LogP contribution in [0.3, 0.4) is 0 Å². The summed E-state index contributed by atoms with van der Waals surface area (Å²) in [4.78, 5) is 2.11. The Bertz CT molecular complexity index is 472. The third kappa shape index (κ3) is 5.30. The third-order valence-electron chi connectivity index (χ3n) is 2.73. The molecule has 0 saturated heterocycles. The lowest BCUT2D eigenvalue weighted by Gasteiger charge is -2.20. The molecule has 0 unspecified atom stereocenters. The molecule has 0 heterocycles. The maximum absolute atomic E-state index is 8.66. The van der Waals surface area contributed by atoms with E-state index < -0.39 is 0 Å². The van der Waals surface area contributed by atoms with Crippen molar-refractivity contribution in [2.75, 3.05) is 20.2 Å². The van der Waals surface area contributed by atoms with Crippen LogP contribution < -0.4 is 4.74 Å². The van der Waals surface area contributed by atoms with Crippen molar-refractivity contribution in [3.8, 4) is 17.9 Å². The molecule has 0 fully saturated rings. The molecule has 0 spiro atoms. The molecule has 0 N–H and O–H groups in total. The maximum Gasteiger partial charge on any atom is 0.120 e. The Hall–Kier alpha value is -1.56. The van der Waals surface area contributed by atoms with Crippen molar-refractivity contribution in [3.05, 3.63) is 28.2 Å². The number of halogens is 1. The fourth-order valence-electron chi connectivity index (χ4n) is 1.71. The van der Waals surface area contributed by atoms with Gasteiger partial charge in [0.1, 0.15) is 5.75 Å². The van der Waals surface area contributed by atoms with Crippen LogP contribution in [-0.2, 0) is 6.54 Å². The molecule has 100 valence electrons. The van der Waals surface area contributed by atoms with Crippen LogP contribution in [0.25, 0.3) is 0 Å². The number of methoxy groups -OCH3 is 1. The van der Waals surface area contributed by atoms with E-state index in [1.165, 1.54) is 0 Å². The summed E-state index contributed by atoms with van der Waals surface area (Å²) in [5.74, 6) is 0.802. The predicted molar refractivity (Wildman–Crippen MR) is 76.4 cm³/mol. The minimum Gasteiger partial charge on any atom is -0.497 e. The summed E-state index contributed by atoms with van der Waals surface area (Å²) in [6.07, 6.45) is 0.943. The second-order valence-corrected chi connectivity index (χ2v) is 4.90. The summed E-state index contributed by atoms with van der Waals surface area (Å²) in [6, 6.07) is 10.1. The van der Waals surface area contributed by atoms with Crippen LogP contribution >= 0.6 is 15.9 Å². The van der Waals surface area contributed by atoms with Gasteiger partial charge in [0.2, 0.25) is 0 Å². The summed E-state index contributed by atoms with van der Waals surface area (Å²) in [5.41, 5.74) is 1.12. The number of hydrogen-bond acceptors (Lipinski definition) is 4. The summed E-state index contributed by atoms with van der Waals surface area (Å²) in [7, 11) is 1.63. The molecule has 5 heteroatoms. The predicted octanol–water partition coefficient (Wildman–Crippen LogP) is 3.09. The lowest BCUT2D eigenvalue weighted by atomic mass is 10.2. The van der Waals surface area contributed by atoms with E-state index in [9.17, 15) is 0 Å². The van der Waals surface area contributed by atoms with Gasteiger partial charge in [0.05, 0.1) is 19.2 Å². The number of ether oxygens (including phenoxy) is 1. The van der Waals surface area contributed by atoms with E-state index in [-0.39, 0.29) is 0 Å². The molecule has 0 aromatic heterocycles. The van der Waals surface area contributed by atoms with Gasteiger partial charge in [-0.1, -0.05) is 22.0 Å². The fourth-order valence-corrected chi connectivity index (χ4v) is 2.19. The Morgan fingerprint density at radius 1 is 1.21 bits per heavy atom. The molecule has 0 aliphatic rings. The summed E-state index contributed by atoms with van der Waals surface area (Å²) in [6.45, 7) is 2.07. The largest absolute Gasteiger partial charge is 0.497 e. The first kappa shape index (κ1) is 15.5. The minimum absolute atomic E-state index is 0.471. The quantitative estimate of drug-likeness (QED) is 0.774. The van der Waals surface area contributed by atoms with Crippen molar-refractivity contribution in [3.63, 3.8) is 0 Å². The number of benzene rings is 1. The van der Waals surface area contributed by atoms with E-state index in [0.29, 0.717) is 32.5 Å². The third-order valence-corrected chi connectivity index (χ3v) is 3.47. The van der Waals surface area contributed by atoms with Crippen LogP contribution in [0.15, 0.2) is 22.7 Å². The molecule has 1 rings (SSSR count). The highest BCUT2D eigenvalue weighted by Gasteiger charge is 2.09. The number of hydrogen-bond donors (Lipinski definition) is 0. The van der Waals surface area contributed by atoms with Crippen molar-refractivity contribution in [1.29, 1.82) is 10.5 Å². The Morgan fingerprint density at radius 3 is 2.32 bits per heavy atom. The molecule has 0 radical (unpaired) electrons. The molecule has 19 heavy (non-hydrogen) atoms. The first-order valence-electron chi connectivity index (χ1n) is 6.00. The second kappa shape index (κ2) is 8.53. The highest BCUT2D eigenvalue weighted by Crippen LogP contribution is 2.24. The zero-order chi connectivity index (χ0) is 14.1. The molecular weight excluding hydrogens is 306 g/mol. The number of nitriles is 2. The van der Waals surface area contributed by atoms with Gasteiger partial charge in [0.15, 0.2) is 0 Å². The lowest BCUT2D eigenvalue weighted by Crippen LogP contribution is -2.25. The monoisotopic (exact) mass is 321 g/mol. The number of rotatable bonds is 7. The molecule has 0 aliphatic heterocycles. The molecular formula is C14H16BrN3O. The van der Waals surface area contributed by atoms with Gasteiger partial charge >= 0.3 is 0 Å². The van der Waals surface area contributed by atoms with Gasteiger partial charge in [0.25, 0.3) is 0 Å². The Labute approximate surface area is 122 Å². The van der Waals surface area contributed by atoms with Crippen LogP contribution in [0.2, 0.25) is 0 Å². The van der Waals surface area contributed by atoms with E-state index in [1.54, 1.807) is 7.11 Å².